The van der Waals surface area contributed by atoms with E-state index in [-0.39, 0.29) is 11.5 Å². The second kappa shape index (κ2) is 5.97. The van der Waals surface area contributed by atoms with Crippen molar-refractivity contribution >= 4 is 17.7 Å². The summed E-state index contributed by atoms with van der Waals surface area (Å²) in [6.07, 6.45) is 0. The maximum atomic E-state index is 11.2. The van der Waals surface area contributed by atoms with Crippen LogP contribution >= 0.6 is 11.8 Å². The Labute approximate surface area is 105 Å². The molecule has 0 amide bonds. The minimum absolute atomic E-state index is 0.175. The Kier molecular flexibility index (Phi) is 4.89. The van der Waals surface area contributed by atoms with Gasteiger partial charge in [0.05, 0.1) is 5.69 Å². The molecule has 94 valence electrons. The molecule has 6 heteroatoms. The topological polar surface area (TPSA) is 89.1 Å². The van der Waals surface area contributed by atoms with Crippen molar-refractivity contribution in [1.29, 1.82) is 0 Å². The van der Waals surface area contributed by atoms with Gasteiger partial charge in [0.25, 0.3) is 0 Å². The lowest BCUT2D eigenvalue weighted by atomic mass is 10.2. The maximum Gasteiger partial charge on any atom is 0.340 e. The third-order valence-electron chi connectivity index (χ3n) is 2.16. The van der Waals surface area contributed by atoms with E-state index in [0.29, 0.717) is 28.8 Å². The highest BCUT2D eigenvalue weighted by molar-refractivity contribution is 7.99. The van der Waals surface area contributed by atoms with E-state index in [1.807, 2.05) is 13.8 Å². The van der Waals surface area contributed by atoms with Gasteiger partial charge >= 0.3 is 5.97 Å². The molecule has 0 aliphatic carbocycles. The van der Waals surface area contributed by atoms with Crippen molar-refractivity contribution in [2.75, 3.05) is 12.3 Å². The van der Waals surface area contributed by atoms with Crippen LogP contribution < -0.4 is 5.73 Å². The van der Waals surface area contributed by atoms with Crippen molar-refractivity contribution in [2.24, 2.45) is 5.73 Å². The van der Waals surface area contributed by atoms with Crippen LogP contribution in [0.15, 0.2) is 5.03 Å². The van der Waals surface area contributed by atoms with E-state index < -0.39 is 5.97 Å². The summed E-state index contributed by atoms with van der Waals surface area (Å²) in [7, 11) is 0. The van der Waals surface area contributed by atoms with E-state index in [2.05, 4.69) is 9.97 Å². The average molecular weight is 255 g/mol. The van der Waals surface area contributed by atoms with Gasteiger partial charge < -0.3 is 10.8 Å². The van der Waals surface area contributed by atoms with Crippen molar-refractivity contribution < 1.29 is 9.90 Å². The number of carbonyl (C=O) groups is 1. The van der Waals surface area contributed by atoms with Crippen LogP contribution in [0.25, 0.3) is 0 Å². The number of hydrogen-bond donors (Lipinski definition) is 2. The molecule has 0 spiro atoms. The van der Waals surface area contributed by atoms with Crippen LogP contribution in [0.1, 0.15) is 41.6 Å². The largest absolute Gasteiger partial charge is 0.478 e. The van der Waals surface area contributed by atoms with Gasteiger partial charge in [-0.2, -0.15) is 0 Å². The normalized spacial score (nSPS) is 10.9. The number of aromatic nitrogens is 2. The van der Waals surface area contributed by atoms with Crippen molar-refractivity contribution in [3.63, 3.8) is 0 Å². The summed E-state index contributed by atoms with van der Waals surface area (Å²) in [4.78, 5) is 19.7. The molecule has 1 aromatic heterocycles. The van der Waals surface area contributed by atoms with Gasteiger partial charge in [-0.3, -0.25) is 0 Å². The third kappa shape index (κ3) is 3.41. The lowest BCUT2D eigenvalue weighted by Gasteiger charge is -2.11. The smallest absolute Gasteiger partial charge is 0.340 e. The van der Waals surface area contributed by atoms with Crippen LogP contribution in [0, 0.1) is 6.92 Å². The molecular weight excluding hydrogens is 238 g/mol. The molecular formula is C11H17N3O2S. The van der Waals surface area contributed by atoms with Crippen LogP contribution in [0.2, 0.25) is 0 Å². The third-order valence-corrected chi connectivity index (χ3v) is 3.17. The molecule has 0 saturated carbocycles. The molecule has 1 aromatic rings. The van der Waals surface area contributed by atoms with Crippen molar-refractivity contribution in [2.45, 2.75) is 31.7 Å². The Balaban J connectivity index is 3.23. The first-order valence-electron chi connectivity index (χ1n) is 5.42. The second-order valence-electron chi connectivity index (χ2n) is 3.94. The molecule has 0 saturated heterocycles. The van der Waals surface area contributed by atoms with E-state index in [0.717, 1.165) is 0 Å². The maximum absolute atomic E-state index is 11.2. The monoisotopic (exact) mass is 255 g/mol. The van der Waals surface area contributed by atoms with Crippen molar-refractivity contribution in [1.82, 2.24) is 9.97 Å². The Bertz CT molecular complexity index is 421. The molecule has 0 aliphatic heterocycles. The van der Waals surface area contributed by atoms with Gasteiger partial charge in [-0.25, -0.2) is 14.8 Å². The molecule has 1 rings (SSSR count). The summed E-state index contributed by atoms with van der Waals surface area (Å²) in [6, 6.07) is 0. The average Bonchev–Trinajstić information content (AvgIpc) is 2.24. The summed E-state index contributed by atoms with van der Waals surface area (Å²) in [6.45, 7) is 6.15. The number of hydrogen-bond acceptors (Lipinski definition) is 5. The molecule has 5 nitrogen and oxygen atoms in total. The van der Waals surface area contributed by atoms with Crippen LogP contribution in [0.5, 0.6) is 0 Å². The Morgan fingerprint density at radius 2 is 2.12 bits per heavy atom. The first kappa shape index (κ1) is 13.9. The molecule has 0 aliphatic rings. The lowest BCUT2D eigenvalue weighted by molar-refractivity contribution is 0.0690. The van der Waals surface area contributed by atoms with Crippen LogP contribution in [-0.2, 0) is 0 Å². The molecule has 3 N–H and O–H groups in total. The minimum Gasteiger partial charge on any atom is -0.478 e. The van der Waals surface area contributed by atoms with Gasteiger partial charge in [0.2, 0.25) is 0 Å². The van der Waals surface area contributed by atoms with Crippen molar-refractivity contribution in [3.05, 3.63) is 17.1 Å². The van der Waals surface area contributed by atoms with E-state index >= 15 is 0 Å². The van der Waals surface area contributed by atoms with E-state index in [1.54, 1.807) is 6.92 Å². The zero-order valence-corrected chi connectivity index (χ0v) is 11.0. The second-order valence-corrected chi connectivity index (χ2v) is 5.03. The predicted octanol–water partition coefficient (Wildman–Crippen LogP) is 1.66. The number of aromatic carboxylic acids is 1. The summed E-state index contributed by atoms with van der Waals surface area (Å²) in [5.41, 5.74) is 6.12. The fourth-order valence-corrected chi connectivity index (χ4v) is 2.18. The van der Waals surface area contributed by atoms with E-state index in [4.69, 9.17) is 10.8 Å². The molecule has 0 atom stereocenters. The van der Waals surface area contributed by atoms with Gasteiger partial charge in [-0.05, 0) is 6.92 Å². The SMILES string of the molecule is Cc1nc(C(C)C)nc(SCCN)c1C(=O)O. The Hall–Kier alpha value is -1.14. The highest BCUT2D eigenvalue weighted by Gasteiger charge is 2.19. The minimum atomic E-state index is -0.989. The first-order chi connectivity index (χ1) is 7.97. The summed E-state index contributed by atoms with van der Waals surface area (Å²) in [5.74, 6) is 0.506. The zero-order valence-electron chi connectivity index (χ0n) is 10.2. The molecule has 17 heavy (non-hydrogen) atoms. The first-order valence-corrected chi connectivity index (χ1v) is 6.40. The van der Waals surface area contributed by atoms with Gasteiger partial charge in [0, 0.05) is 18.2 Å². The number of aryl methyl sites for hydroxylation is 1. The molecule has 0 fully saturated rings. The van der Waals surface area contributed by atoms with E-state index in [1.165, 1.54) is 11.8 Å². The van der Waals surface area contributed by atoms with E-state index in [9.17, 15) is 4.79 Å². The molecule has 0 bridgehead atoms. The fraction of sp³-hybridized carbons (Fsp3) is 0.545. The predicted molar refractivity (Wildman–Crippen MR) is 67.6 cm³/mol. The number of nitrogens with zero attached hydrogens (tertiary/aromatic N) is 2. The Morgan fingerprint density at radius 1 is 1.47 bits per heavy atom. The number of rotatable bonds is 5. The molecule has 1 heterocycles. The number of carboxylic acid groups (broad SMARTS) is 1. The number of thioether (sulfide) groups is 1. The fourth-order valence-electron chi connectivity index (χ4n) is 1.33. The summed E-state index contributed by atoms with van der Waals surface area (Å²) < 4.78 is 0. The Morgan fingerprint density at radius 3 is 2.59 bits per heavy atom. The highest BCUT2D eigenvalue weighted by atomic mass is 32.2. The van der Waals surface area contributed by atoms with Crippen LogP contribution in [0.3, 0.4) is 0 Å². The highest BCUT2D eigenvalue weighted by Crippen LogP contribution is 2.24. The summed E-state index contributed by atoms with van der Waals surface area (Å²) in [5, 5.41) is 9.66. The zero-order chi connectivity index (χ0) is 13.0. The standard InChI is InChI=1S/C11H17N3O2S/c1-6(2)9-13-7(3)8(11(15)16)10(14-9)17-5-4-12/h6H,4-5,12H2,1-3H3,(H,15,16). The van der Waals surface area contributed by atoms with Gasteiger partial charge in [0.15, 0.2) is 0 Å². The number of nitrogens with two attached hydrogens (primary N) is 1. The van der Waals surface area contributed by atoms with Crippen molar-refractivity contribution in [3.8, 4) is 0 Å². The molecule has 0 radical (unpaired) electrons. The van der Waals surface area contributed by atoms with Crippen LogP contribution in [-0.4, -0.2) is 33.3 Å². The summed E-state index contributed by atoms with van der Waals surface area (Å²) >= 11 is 1.36. The molecule has 0 unspecified atom stereocenters. The van der Waals surface area contributed by atoms with Crippen LogP contribution in [0.4, 0.5) is 0 Å². The quantitative estimate of drug-likeness (QED) is 0.614. The molecule has 0 aromatic carbocycles. The van der Waals surface area contributed by atoms with Gasteiger partial charge in [0.1, 0.15) is 16.4 Å². The lowest BCUT2D eigenvalue weighted by Crippen LogP contribution is -2.11. The number of carboxylic acids is 1. The van der Waals surface area contributed by atoms with Gasteiger partial charge in [-0.1, -0.05) is 13.8 Å². The van der Waals surface area contributed by atoms with Gasteiger partial charge in [-0.15, -0.1) is 11.8 Å².